The number of hydrogen-bond donors (Lipinski definition) is 2. The molecule has 0 fully saturated rings. The van der Waals surface area contributed by atoms with Crippen molar-refractivity contribution < 1.29 is 9.72 Å². The molecule has 1 unspecified atom stereocenters. The van der Waals surface area contributed by atoms with Crippen molar-refractivity contribution in [2.45, 2.75) is 19.9 Å². The number of nitrogens with one attached hydrogen (secondary N) is 2. The highest BCUT2D eigenvalue weighted by molar-refractivity contribution is 6.31. The van der Waals surface area contributed by atoms with E-state index in [9.17, 15) is 14.9 Å². The van der Waals surface area contributed by atoms with E-state index in [1.165, 1.54) is 24.3 Å². The van der Waals surface area contributed by atoms with Gasteiger partial charge in [0.2, 0.25) is 5.91 Å². The van der Waals surface area contributed by atoms with Crippen LogP contribution in [0.5, 0.6) is 0 Å². The molecule has 23 heavy (non-hydrogen) atoms. The second-order valence-corrected chi connectivity index (χ2v) is 5.48. The zero-order valence-corrected chi connectivity index (χ0v) is 13.4. The van der Waals surface area contributed by atoms with Crippen molar-refractivity contribution in [3.63, 3.8) is 0 Å². The summed E-state index contributed by atoms with van der Waals surface area (Å²) < 4.78 is 0. The summed E-state index contributed by atoms with van der Waals surface area (Å²) in [7, 11) is 0. The van der Waals surface area contributed by atoms with Gasteiger partial charge >= 0.3 is 0 Å². The van der Waals surface area contributed by atoms with Crippen molar-refractivity contribution in [1.82, 2.24) is 0 Å². The predicted octanol–water partition coefficient (Wildman–Crippen LogP) is 4.00. The lowest BCUT2D eigenvalue weighted by Crippen LogP contribution is -2.32. The Labute approximate surface area is 138 Å². The number of carbonyl (C=O) groups excluding carboxylic acids is 1. The van der Waals surface area contributed by atoms with E-state index in [-0.39, 0.29) is 11.6 Å². The average Bonchev–Trinajstić information content (AvgIpc) is 2.52. The first-order valence-electron chi connectivity index (χ1n) is 6.95. The molecule has 0 saturated carbocycles. The van der Waals surface area contributed by atoms with Gasteiger partial charge in [-0.1, -0.05) is 17.7 Å². The van der Waals surface area contributed by atoms with E-state index in [1.54, 1.807) is 19.1 Å². The van der Waals surface area contributed by atoms with E-state index in [2.05, 4.69) is 10.6 Å². The highest BCUT2D eigenvalue weighted by Crippen LogP contribution is 2.23. The average molecular weight is 334 g/mol. The number of carbonyl (C=O) groups is 1. The van der Waals surface area contributed by atoms with Crippen LogP contribution >= 0.6 is 11.6 Å². The van der Waals surface area contributed by atoms with Crippen LogP contribution in [0.4, 0.5) is 17.1 Å². The van der Waals surface area contributed by atoms with Crippen molar-refractivity contribution in [2.24, 2.45) is 0 Å². The van der Waals surface area contributed by atoms with Gasteiger partial charge in [-0.25, -0.2) is 0 Å². The molecule has 0 aliphatic carbocycles. The molecule has 0 spiro atoms. The minimum Gasteiger partial charge on any atom is -0.374 e. The molecule has 7 heteroatoms. The summed E-state index contributed by atoms with van der Waals surface area (Å²) in [5.74, 6) is -0.252. The van der Waals surface area contributed by atoms with Crippen LogP contribution in [0.15, 0.2) is 42.5 Å². The van der Waals surface area contributed by atoms with Gasteiger partial charge in [0.05, 0.1) is 4.92 Å². The van der Waals surface area contributed by atoms with Gasteiger partial charge in [0.15, 0.2) is 0 Å². The summed E-state index contributed by atoms with van der Waals surface area (Å²) >= 11 is 6.05. The normalized spacial score (nSPS) is 11.6. The quantitative estimate of drug-likeness (QED) is 0.640. The molecule has 0 aliphatic heterocycles. The van der Waals surface area contributed by atoms with Crippen LogP contribution in [0.1, 0.15) is 12.5 Å². The van der Waals surface area contributed by atoms with Crippen molar-refractivity contribution in [3.8, 4) is 0 Å². The van der Waals surface area contributed by atoms with E-state index < -0.39 is 11.0 Å². The molecule has 2 aromatic carbocycles. The third-order valence-corrected chi connectivity index (χ3v) is 3.79. The van der Waals surface area contributed by atoms with Crippen LogP contribution in [0, 0.1) is 17.0 Å². The number of hydrogen-bond acceptors (Lipinski definition) is 4. The van der Waals surface area contributed by atoms with Gasteiger partial charge in [0, 0.05) is 28.5 Å². The SMILES string of the molecule is Cc1c(Cl)cccc1NC(C)C(=O)Nc1ccc([N+](=O)[O-])cc1. The minimum atomic E-state index is -0.498. The third kappa shape index (κ3) is 4.20. The number of non-ortho nitro benzene ring substituents is 1. The van der Waals surface area contributed by atoms with E-state index in [0.29, 0.717) is 10.7 Å². The van der Waals surface area contributed by atoms with Crippen LogP contribution in [0.2, 0.25) is 5.02 Å². The van der Waals surface area contributed by atoms with Gasteiger partial charge in [-0.2, -0.15) is 0 Å². The lowest BCUT2D eigenvalue weighted by Gasteiger charge is -2.17. The van der Waals surface area contributed by atoms with Gasteiger partial charge in [-0.05, 0) is 43.7 Å². The van der Waals surface area contributed by atoms with Crippen molar-refractivity contribution in [2.75, 3.05) is 10.6 Å². The number of nitrogens with zero attached hydrogens (tertiary/aromatic N) is 1. The fraction of sp³-hybridized carbons (Fsp3) is 0.188. The number of amides is 1. The number of rotatable bonds is 5. The van der Waals surface area contributed by atoms with Crippen LogP contribution in [-0.2, 0) is 4.79 Å². The second kappa shape index (κ2) is 7.11. The molecule has 0 aliphatic rings. The Kier molecular flexibility index (Phi) is 5.18. The van der Waals surface area contributed by atoms with Gasteiger partial charge in [-0.15, -0.1) is 0 Å². The van der Waals surface area contributed by atoms with Crippen molar-refractivity contribution in [1.29, 1.82) is 0 Å². The highest BCUT2D eigenvalue weighted by Gasteiger charge is 2.15. The summed E-state index contributed by atoms with van der Waals surface area (Å²) in [6.07, 6.45) is 0. The first-order chi connectivity index (χ1) is 10.9. The molecular weight excluding hydrogens is 318 g/mol. The summed E-state index contributed by atoms with van der Waals surface area (Å²) in [6, 6.07) is 10.6. The number of nitro benzene ring substituents is 1. The Hall–Kier alpha value is -2.60. The molecule has 2 aromatic rings. The van der Waals surface area contributed by atoms with Crippen LogP contribution in [0.25, 0.3) is 0 Å². The standard InChI is InChI=1S/C16H16ClN3O3/c1-10-14(17)4-3-5-15(10)18-11(2)16(21)19-12-6-8-13(9-7-12)20(22)23/h3-9,11,18H,1-2H3,(H,19,21). The summed E-state index contributed by atoms with van der Waals surface area (Å²) in [5.41, 5.74) is 2.12. The fourth-order valence-electron chi connectivity index (χ4n) is 1.98. The molecule has 1 amide bonds. The van der Waals surface area contributed by atoms with E-state index >= 15 is 0 Å². The Balaban J connectivity index is 2.02. The Bertz CT molecular complexity index is 732. The van der Waals surface area contributed by atoms with Crippen LogP contribution < -0.4 is 10.6 Å². The van der Waals surface area contributed by atoms with Crippen molar-refractivity contribution >= 4 is 34.6 Å². The maximum atomic E-state index is 12.2. The minimum absolute atomic E-state index is 0.0243. The summed E-state index contributed by atoms with van der Waals surface area (Å²) in [5, 5.41) is 17.0. The number of benzene rings is 2. The zero-order chi connectivity index (χ0) is 17.0. The smallest absolute Gasteiger partial charge is 0.269 e. The summed E-state index contributed by atoms with van der Waals surface area (Å²) in [6.45, 7) is 3.59. The van der Waals surface area contributed by atoms with Crippen LogP contribution in [0.3, 0.4) is 0 Å². The number of halogens is 1. The summed E-state index contributed by atoms with van der Waals surface area (Å²) in [4.78, 5) is 22.3. The predicted molar refractivity (Wildman–Crippen MR) is 91.0 cm³/mol. The first kappa shape index (κ1) is 16.8. The maximum absolute atomic E-state index is 12.2. The molecule has 2 N–H and O–H groups in total. The van der Waals surface area contributed by atoms with Gasteiger partial charge in [0.1, 0.15) is 6.04 Å². The topological polar surface area (TPSA) is 84.3 Å². The Morgan fingerprint density at radius 3 is 2.48 bits per heavy atom. The molecule has 0 bridgehead atoms. The maximum Gasteiger partial charge on any atom is 0.269 e. The van der Waals surface area contributed by atoms with Crippen LogP contribution in [-0.4, -0.2) is 16.9 Å². The number of anilines is 2. The molecule has 120 valence electrons. The Morgan fingerprint density at radius 2 is 1.87 bits per heavy atom. The Morgan fingerprint density at radius 1 is 1.22 bits per heavy atom. The lowest BCUT2D eigenvalue weighted by atomic mass is 10.1. The zero-order valence-electron chi connectivity index (χ0n) is 12.7. The van der Waals surface area contributed by atoms with E-state index in [0.717, 1.165) is 11.3 Å². The molecule has 0 aromatic heterocycles. The fourth-order valence-corrected chi connectivity index (χ4v) is 2.15. The van der Waals surface area contributed by atoms with E-state index in [4.69, 9.17) is 11.6 Å². The molecular formula is C16H16ClN3O3. The number of nitro groups is 1. The molecule has 1 atom stereocenters. The lowest BCUT2D eigenvalue weighted by molar-refractivity contribution is -0.384. The van der Waals surface area contributed by atoms with Crippen molar-refractivity contribution in [3.05, 3.63) is 63.2 Å². The largest absolute Gasteiger partial charge is 0.374 e. The van der Waals surface area contributed by atoms with E-state index in [1.807, 2.05) is 13.0 Å². The molecule has 0 heterocycles. The molecule has 0 radical (unpaired) electrons. The molecule has 2 rings (SSSR count). The molecule has 0 saturated heterocycles. The third-order valence-electron chi connectivity index (χ3n) is 3.38. The second-order valence-electron chi connectivity index (χ2n) is 5.07. The first-order valence-corrected chi connectivity index (χ1v) is 7.33. The molecule has 6 nitrogen and oxygen atoms in total. The van der Waals surface area contributed by atoms with Gasteiger partial charge < -0.3 is 10.6 Å². The highest BCUT2D eigenvalue weighted by atomic mass is 35.5. The van der Waals surface area contributed by atoms with Gasteiger partial charge in [-0.3, -0.25) is 14.9 Å². The monoisotopic (exact) mass is 333 g/mol. The van der Waals surface area contributed by atoms with Gasteiger partial charge in [0.25, 0.3) is 5.69 Å².